The van der Waals surface area contributed by atoms with Gasteiger partial charge in [0.05, 0.1) is 13.2 Å². The van der Waals surface area contributed by atoms with Crippen LogP contribution in [0.1, 0.15) is 0 Å². The zero-order chi connectivity index (χ0) is 20.8. The molecule has 156 valence electrons. The highest BCUT2D eigenvalue weighted by molar-refractivity contribution is 5.89. The number of hydrogen-bond donors (Lipinski definition) is 0. The van der Waals surface area contributed by atoms with Gasteiger partial charge in [-0.05, 0) is 30.3 Å². The summed E-state index contributed by atoms with van der Waals surface area (Å²) in [7, 11) is 1.98. The predicted molar refractivity (Wildman–Crippen MR) is 114 cm³/mol. The van der Waals surface area contributed by atoms with Gasteiger partial charge in [0.15, 0.2) is 34.3 Å². The van der Waals surface area contributed by atoms with Crippen molar-refractivity contribution < 1.29 is 14.2 Å². The number of aryl methyl sites for hydroxylation is 1. The first-order chi connectivity index (χ1) is 15.3. The molecular formula is C22H20N6O3. The van der Waals surface area contributed by atoms with Gasteiger partial charge in [0.1, 0.15) is 5.82 Å². The molecule has 3 aromatic heterocycles. The summed E-state index contributed by atoms with van der Waals surface area (Å²) in [5.41, 5.74) is 3.40. The number of morpholine rings is 1. The maximum Gasteiger partial charge on any atom is 0.231 e. The number of pyridine rings is 1. The molecule has 4 aromatic rings. The van der Waals surface area contributed by atoms with Crippen LogP contribution in [0.25, 0.3) is 33.9 Å². The lowest BCUT2D eigenvalue weighted by Gasteiger charge is -2.28. The Bertz CT molecular complexity index is 1270. The summed E-state index contributed by atoms with van der Waals surface area (Å²) in [6.07, 6.45) is 3.53. The van der Waals surface area contributed by atoms with Gasteiger partial charge in [-0.2, -0.15) is 0 Å². The van der Waals surface area contributed by atoms with Crippen molar-refractivity contribution in [3.8, 4) is 34.3 Å². The third kappa shape index (κ3) is 3.05. The number of imidazole rings is 1. The van der Waals surface area contributed by atoms with Gasteiger partial charge in [-0.1, -0.05) is 0 Å². The Balaban J connectivity index is 1.56. The molecule has 0 unspecified atom stereocenters. The Morgan fingerprint density at radius 1 is 0.871 bits per heavy atom. The summed E-state index contributed by atoms with van der Waals surface area (Å²) < 4.78 is 18.6. The predicted octanol–water partition coefficient (Wildman–Crippen LogP) is 2.66. The van der Waals surface area contributed by atoms with E-state index in [4.69, 9.17) is 29.2 Å². The fraction of sp³-hybridized carbons (Fsp3) is 0.273. The summed E-state index contributed by atoms with van der Waals surface area (Å²) in [6.45, 7) is 3.07. The molecule has 2 aliphatic rings. The Morgan fingerprint density at radius 2 is 1.68 bits per heavy atom. The van der Waals surface area contributed by atoms with E-state index in [1.807, 2.05) is 41.9 Å². The minimum atomic E-state index is 0.231. The van der Waals surface area contributed by atoms with Gasteiger partial charge in [0, 0.05) is 43.7 Å². The molecule has 0 bridgehead atoms. The first-order valence-corrected chi connectivity index (χ1v) is 10.2. The molecule has 0 N–H and O–H groups in total. The molecule has 1 aromatic carbocycles. The molecule has 0 amide bonds. The fourth-order valence-corrected chi connectivity index (χ4v) is 3.97. The number of anilines is 1. The zero-order valence-corrected chi connectivity index (χ0v) is 17.0. The minimum absolute atomic E-state index is 0.231. The van der Waals surface area contributed by atoms with Crippen molar-refractivity contribution in [2.24, 2.45) is 7.05 Å². The molecule has 9 heteroatoms. The average Bonchev–Trinajstić information content (AvgIpc) is 3.43. The number of benzene rings is 1. The molecule has 6 rings (SSSR count). The number of nitrogens with zero attached hydrogens (tertiary/aromatic N) is 6. The van der Waals surface area contributed by atoms with Crippen LogP contribution in [0.2, 0.25) is 0 Å². The molecule has 1 fully saturated rings. The van der Waals surface area contributed by atoms with E-state index in [1.165, 1.54) is 0 Å². The van der Waals surface area contributed by atoms with Crippen LogP contribution in [0.3, 0.4) is 0 Å². The van der Waals surface area contributed by atoms with Crippen molar-refractivity contribution in [1.82, 2.24) is 24.5 Å². The van der Waals surface area contributed by atoms with Crippen LogP contribution < -0.4 is 14.4 Å². The smallest absolute Gasteiger partial charge is 0.231 e. The van der Waals surface area contributed by atoms with Crippen LogP contribution in [0.5, 0.6) is 11.5 Å². The second kappa shape index (κ2) is 7.21. The standard InChI is InChI=1S/C22H20N6O3/c1-27-20(14-4-6-23-7-5-14)24-18-21(27)25-19(26-22(18)28-8-10-29-11-9-28)15-2-3-16-17(12-15)31-13-30-16/h2-7,12H,8-11,13H2,1H3. The lowest BCUT2D eigenvalue weighted by molar-refractivity contribution is 0.122. The third-order valence-corrected chi connectivity index (χ3v) is 5.58. The number of hydrogen-bond acceptors (Lipinski definition) is 8. The first kappa shape index (κ1) is 18.1. The van der Waals surface area contributed by atoms with E-state index in [9.17, 15) is 0 Å². The third-order valence-electron chi connectivity index (χ3n) is 5.58. The number of ether oxygens (including phenoxy) is 3. The van der Waals surface area contributed by atoms with Crippen LogP contribution in [-0.2, 0) is 11.8 Å². The number of rotatable bonds is 3. The quantitative estimate of drug-likeness (QED) is 0.504. The van der Waals surface area contributed by atoms with E-state index < -0.39 is 0 Å². The molecule has 0 saturated carbocycles. The van der Waals surface area contributed by atoms with E-state index in [-0.39, 0.29) is 6.79 Å². The molecule has 1 saturated heterocycles. The summed E-state index contributed by atoms with van der Waals surface area (Å²) in [5.74, 6) is 3.70. The van der Waals surface area contributed by atoms with Crippen molar-refractivity contribution in [3.05, 3.63) is 42.7 Å². The summed E-state index contributed by atoms with van der Waals surface area (Å²) in [5, 5.41) is 0. The molecule has 31 heavy (non-hydrogen) atoms. The largest absolute Gasteiger partial charge is 0.454 e. The van der Waals surface area contributed by atoms with E-state index in [0.717, 1.165) is 52.8 Å². The van der Waals surface area contributed by atoms with Crippen LogP contribution in [-0.4, -0.2) is 57.6 Å². The highest BCUT2D eigenvalue weighted by atomic mass is 16.7. The molecule has 5 heterocycles. The summed E-state index contributed by atoms with van der Waals surface area (Å²) >= 11 is 0. The van der Waals surface area contributed by atoms with Crippen molar-refractivity contribution in [3.63, 3.8) is 0 Å². The minimum Gasteiger partial charge on any atom is -0.454 e. The first-order valence-electron chi connectivity index (χ1n) is 10.2. The maximum atomic E-state index is 5.55. The second-order valence-electron chi connectivity index (χ2n) is 7.44. The highest BCUT2D eigenvalue weighted by Gasteiger charge is 2.24. The average molecular weight is 416 g/mol. The highest BCUT2D eigenvalue weighted by Crippen LogP contribution is 2.37. The SMILES string of the molecule is Cn1c(-c2ccncc2)nc2c(N3CCOCC3)nc(-c3ccc4c(c3)OCO4)nc21. The summed E-state index contributed by atoms with van der Waals surface area (Å²) in [6, 6.07) is 9.67. The zero-order valence-electron chi connectivity index (χ0n) is 17.0. The Kier molecular flexibility index (Phi) is 4.20. The van der Waals surface area contributed by atoms with Crippen LogP contribution in [0.15, 0.2) is 42.7 Å². The molecule has 0 spiro atoms. The number of fused-ring (bicyclic) bond motifs is 2. The fourth-order valence-electron chi connectivity index (χ4n) is 3.97. The Morgan fingerprint density at radius 3 is 2.52 bits per heavy atom. The van der Waals surface area contributed by atoms with Gasteiger partial charge in [-0.25, -0.2) is 15.0 Å². The van der Waals surface area contributed by atoms with Crippen molar-refractivity contribution in [1.29, 1.82) is 0 Å². The van der Waals surface area contributed by atoms with Crippen molar-refractivity contribution in [2.75, 3.05) is 38.0 Å². The molecule has 2 aliphatic heterocycles. The van der Waals surface area contributed by atoms with Crippen molar-refractivity contribution in [2.45, 2.75) is 0 Å². The van der Waals surface area contributed by atoms with Crippen molar-refractivity contribution >= 4 is 17.0 Å². The number of aromatic nitrogens is 5. The maximum absolute atomic E-state index is 5.55. The molecule has 0 radical (unpaired) electrons. The van der Waals surface area contributed by atoms with E-state index in [0.29, 0.717) is 24.8 Å². The molecule has 0 atom stereocenters. The van der Waals surface area contributed by atoms with Crippen LogP contribution in [0.4, 0.5) is 5.82 Å². The van der Waals surface area contributed by atoms with Gasteiger partial charge < -0.3 is 23.7 Å². The Labute approximate surface area is 178 Å². The summed E-state index contributed by atoms with van der Waals surface area (Å²) in [4.78, 5) is 21.1. The van der Waals surface area contributed by atoms with E-state index in [1.54, 1.807) is 12.4 Å². The van der Waals surface area contributed by atoms with Crippen LogP contribution >= 0.6 is 0 Å². The lowest BCUT2D eigenvalue weighted by atomic mass is 10.2. The van der Waals surface area contributed by atoms with E-state index >= 15 is 0 Å². The van der Waals surface area contributed by atoms with Gasteiger partial charge in [0.2, 0.25) is 6.79 Å². The topological polar surface area (TPSA) is 87.4 Å². The van der Waals surface area contributed by atoms with Gasteiger partial charge in [-0.3, -0.25) is 4.98 Å². The molecule has 0 aliphatic carbocycles. The van der Waals surface area contributed by atoms with Gasteiger partial charge >= 0.3 is 0 Å². The Hall–Kier alpha value is -3.72. The van der Waals surface area contributed by atoms with Gasteiger partial charge in [0.25, 0.3) is 0 Å². The van der Waals surface area contributed by atoms with Gasteiger partial charge in [-0.15, -0.1) is 0 Å². The second-order valence-corrected chi connectivity index (χ2v) is 7.44. The normalized spacial score (nSPS) is 15.6. The molecular weight excluding hydrogens is 396 g/mol. The van der Waals surface area contributed by atoms with Crippen LogP contribution in [0, 0.1) is 0 Å². The van der Waals surface area contributed by atoms with E-state index in [2.05, 4.69) is 9.88 Å². The monoisotopic (exact) mass is 416 g/mol. The lowest BCUT2D eigenvalue weighted by Crippen LogP contribution is -2.37. The molecule has 9 nitrogen and oxygen atoms in total.